The number of methoxy groups -OCH3 is 1. The van der Waals surface area contributed by atoms with Gasteiger partial charge in [-0.1, -0.05) is 0 Å². The molecule has 6 heteroatoms. The molecule has 0 fully saturated rings. The molecule has 13 heavy (non-hydrogen) atoms. The highest BCUT2D eigenvalue weighted by molar-refractivity contribution is 14.1. The van der Waals surface area contributed by atoms with Crippen LogP contribution in [0.15, 0.2) is 6.07 Å². The maximum absolute atomic E-state index is 11.3. The Labute approximate surface area is 93.8 Å². The molecule has 0 saturated carbocycles. The minimum Gasteiger partial charge on any atom is -0.376 e. The Bertz CT molecular complexity index is 312. The lowest BCUT2D eigenvalue weighted by Crippen LogP contribution is -2.10. The molecule has 0 bridgehead atoms. The van der Waals surface area contributed by atoms with E-state index in [4.69, 9.17) is 11.6 Å². The molecule has 0 aromatic carbocycles. The van der Waals surface area contributed by atoms with Crippen LogP contribution >= 0.6 is 34.2 Å². The number of carbonyl (C=O) groups excluding carboxylic acids is 1. The fraction of sp³-hybridized carbons (Fsp3) is 0.286. The lowest BCUT2D eigenvalue weighted by molar-refractivity contribution is 0.0842. The van der Waals surface area contributed by atoms with E-state index in [1.165, 1.54) is 7.11 Å². The minimum absolute atomic E-state index is 0.00340. The second-order valence-electron chi connectivity index (χ2n) is 2.20. The largest absolute Gasteiger partial charge is 0.376 e. The van der Waals surface area contributed by atoms with Gasteiger partial charge in [0.25, 0.3) is 0 Å². The average molecular weight is 312 g/mol. The van der Waals surface area contributed by atoms with Gasteiger partial charge in [0, 0.05) is 7.11 Å². The zero-order chi connectivity index (χ0) is 9.84. The van der Waals surface area contributed by atoms with E-state index in [9.17, 15) is 4.79 Å². The van der Waals surface area contributed by atoms with Crippen molar-refractivity contribution < 1.29 is 9.53 Å². The Hall–Kier alpha value is -0.270. The average Bonchev–Trinajstić information content (AvgIpc) is 2.03. The summed E-state index contributed by atoms with van der Waals surface area (Å²) in [5.74, 6) is -0.204. The number of carbonyl (C=O) groups is 1. The molecule has 0 N–H and O–H groups in total. The van der Waals surface area contributed by atoms with E-state index >= 15 is 0 Å². The van der Waals surface area contributed by atoms with Gasteiger partial charge in [-0.15, -0.1) is 0 Å². The van der Waals surface area contributed by atoms with Crippen LogP contribution < -0.4 is 0 Å². The van der Waals surface area contributed by atoms with E-state index in [1.807, 2.05) is 22.6 Å². The highest BCUT2D eigenvalue weighted by atomic mass is 127. The van der Waals surface area contributed by atoms with E-state index in [1.54, 1.807) is 6.07 Å². The van der Waals surface area contributed by atoms with Crippen LogP contribution in [-0.2, 0) is 4.74 Å². The summed E-state index contributed by atoms with van der Waals surface area (Å²) >= 11 is 7.54. The van der Waals surface area contributed by atoms with Crippen molar-refractivity contribution in [1.29, 1.82) is 0 Å². The molecule has 1 rings (SSSR count). The Morgan fingerprint density at radius 2 is 2.38 bits per heavy atom. The van der Waals surface area contributed by atoms with Gasteiger partial charge >= 0.3 is 0 Å². The highest BCUT2D eigenvalue weighted by Crippen LogP contribution is 2.08. The van der Waals surface area contributed by atoms with Crippen molar-refractivity contribution in [2.45, 2.75) is 0 Å². The number of nitrogens with zero attached hydrogens (tertiary/aromatic N) is 2. The van der Waals surface area contributed by atoms with Crippen LogP contribution in [0, 0.1) is 3.70 Å². The SMILES string of the molecule is COCC(=O)c1cc(I)nc(Cl)n1. The number of ketones is 1. The van der Waals surface area contributed by atoms with Crippen LogP contribution in [0.25, 0.3) is 0 Å². The van der Waals surface area contributed by atoms with Gasteiger partial charge in [-0.2, -0.15) is 0 Å². The smallest absolute Gasteiger partial charge is 0.224 e. The summed E-state index contributed by atoms with van der Waals surface area (Å²) in [6, 6.07) is 1.56. The molecule has 1 aromatic rings. The molecule has 0 radical (unpaired) electrons. The molecular weight excluding hydrogens is 306 g/mol. The summed E-state index contributed by atoms with van der Waals surface area (Å²) in [6.45, 7) is 0.00340. The van der Waals surface area contributed by atoms with Crippen LogP contribution in [0.2, 0.25) is 5.28 Å². The first-order valence-electron chi connectivity index (χ1n) is 3.35. The quantitative estimate of drug-likeness (QED) is 0.368. The summed E-state index contributed by atoms with van der Waals surface area (Å²) in [5, 5.41) is 0.0753. The van der Waals surface area contributed by atoms with E-state index in [0.717, 1.165) is 0 Å². The predicted octanol–water partition coefficient (Wildman–Crippen LogP) is 1.56. The minimum atomic E-state index is -0.204. The van der Waals surface area contributed by atoms with Gasteiger partial charge in [-0.3, -0.25) is 4.79 Å². The van der Waals surface area contributed by atoms with Crippen LogP contribution in [-0.4, -0.2) is 29.5 Å². The lowest BCUT2D eigenvalue weighted by atomic mass is 10.3. The first-order chi connectivity index (χ1) is 6.13. The summed E-state index contributed by atoms with van der Waals surface area (Å²) < 4.78 is 5.32. The summed E-state index contributed by atoms with van der Waals surface area (Å²) in [4.78, 5) is 18.9. The van der Waals surface area contributed by atoms with Crippen LogP contribution in [0.4, 0.5) is 0 Å². The third kappa shape index (κ3) is 3.17. The van der Waals surface area contributed by atoms with Gasteiger partial charge in [-0.05, 0) is 40.3 Å². The van der Waals surface area contributed by atoms with Gasteiger partial charge in [0.1, 0.15) is 16.0 Å². The van der Waals surface area contributed by atoms with E-state index in [-0.39, 0.29) is 23.4 Å². The molecular formula is C7H6ClIN2O2. The molecule has 0 aliphatic heterocycles. The standard InChI is InChI=1S/C7H6ClIN2O2/c1-13-3-5(12)4-2-6(9)11-7(8)10-4/h2H,3H2,1H3. The molecule has 0 spiro atoms. The van der Waals surface area contributed by atoms with E-state index < -0.39 is 0 Å². The summed E-state index contributed by atoms with van der Waals surface area (Å²) in [5.41, 5.74) is 0.284. The second-order valence-corrected chi connectivity index (χ2v) is 3.64. The topological polar surface area (TPSA) is 52.1 Å². The molecule has 1 aromatic heterocycles. The summed E-state index contributed by atoms with van der Waals surface area (Å²) in [6.07, 6.45) is 0. The fourth-order valence-corrected chi connectivity index (χ4v) is 1.59. The molecule has 0 aliphatic rings. The Kier molecular flexibility index (Phi) is 4.01. The van der Waals surface area contributed by atoms with Gasteiger partial charge in [-0.25, -0.2) is 9.97 Å². The van der Waals surface area contributed by atoms with Crippen molar-refractivity contribution >= 4 is 40.0 Å². The maximum atomic E-state index is 11.3. The number of Topliss-reactive ketones (excluding diaryl/α,β-unsaturated/α-hetero) is 1. The number of hydrogen-bond donors (Lipinski definition) is 0. The summed E-state index contributed by atoms with van der Waals surface area (Å²) in [7, 11) is 1.45. The molecule has 4 nitrogen and oxygen atoms in total. The first kappa shape index (κ1) is 10.8. The fourth-order valence-electron chi connectivity index (χ4n) is 0.738. The van der Waals surface area contributed by atoms with Crippen molar-refractivity contribution in [2.75, 3.05) is 13.7 Å². The van der Waals surface area contributed by atoms with Crippen molar-refractivity contribution in [3.05, 3.63) is 20.7 Å². The van der Waals surface area contributed by atoms with Gasteiger partial charge in [0.05, 0.1) is 0 Å². The zero-order valence-electron chi connectivity index (χ0n) is 6.75. The van der Waals surface area contributed by atoms with Gasteiger partial charge in [0.15, 0.2) is 0 Å². The lowest BCUT2D eigenvalue weighted by Gasteiger charge is -1.99. The third-order valence-corrected chi connectivity index (χ3v) is 1.95. The van der Waals surface area contributed by atoms with Crippen LogP contribution in [0.1, 0.15) is 10.5 Å². The Morgan fingerprint density at radius 1 is 1.69 bits per heavy atom. The molecule has 0 aliphatic carbocycles. The molecule has 0 amide bonds. The molecule has 0 unspecified atom stereocenters. The number of halogens is 2. The molecule has 70 valence electrons. The molecule has 1 heterocycles. The van der Waals surface area contributed by atoms with Gasteiger partial charge < -0.3 is 4.74 Å². The predicted molar refractivity (Wildman–Crippen MR) is 56.0 cm³/mol. The number of ether oxygens (including phenoxy) is 1. The Balaban J connectivity index is 2.94. The normalized spacial score (nSPS) is 10.1. The molecule has 0 saturated heterocycles. The Morgan fingerprint density at radius 3 is 2.92 bits per heavy atom. The van der Waals surface area contributed by atoms with E-state index in [0.29, 0.717) is 3.70 Å². The highest BCUT2D eigenvalue weighted by Gasteiger charge is 2.09. The second kappa shape index (κ2) is 4.83. The zero-order valence-corrected chi connectivity index (χ0v) is 9.66. The van der Waals surface area contributed by atoms with Crippen LogP contribution in [0.3, 0.4) is 0 Å². The number of aromatic nitrogens is 2. The van der Waals surface area contributed by atoms with Crippen molar-refractivity contribution in [2.24, 2.45) is 0 Å². The van der Waals surface area contributed by atoms with Crippen LogP contribution in [0.5, 0.6) is 0 Å². The third-order valence-electron chi connectivity index (χ3n) is 1.23. The first-order valence-corrected chi connectivity index (χ1v) is 4.81. The monoisotopic (exact) mass is 312 g/mol. The van der Waals surface area contributed by atoms with Crippen molar-refractivity contribution in [1.82, 2.24) is 9.97 Å². The maximum Gasteiger partial charge on any atom is 0.224 e. The van der Waals surface area contributed by atoms with Crippen molar-refractivity contribution in [3.63, 3.8) is 0 Å². The van der Waals surface area contributed by atoms with Gasteiger partial charge in [0.2, 0.25) is 11.1 Å². The molecule has 0 atom stereocenters. The number of rotatable bonds is 3. The van der Waals surface area contributed by atoms with E-state index in [2.05, 4.69) is 14.7 Å². The number of hydrogen-bond acceptors (Lipinski definition) is 4. The van der Waals surface area contributed by atoms with Crippen molar-refractivity contribution in [3.8, 4) is 0 Å².